The van der Waals surface area contributed by atoms with Crippen molar-refractivity contribution >= 4 is 51.2 Å². The monoisotopic (exact) mass is 480 g/mol. The number of hydrazone groups is 1. The highest BCUT2D eigenvalue weighted by Gasteiger charge is 2.17. The van der Waals surface area contributed by atoms with Crippen LogP contribution in [0.15, 0.2) is 82.4 Å². The number of amides is 3. The van der Waals surface area contributed by atoms with Gasteiger partial charge in [0.15, 0.2) is 0 Å². The van der Waals surface area contributed by atoms with Crippen LogP contribution in [0.5, 0.6) is 5.75 Å². The Bertz CT molecular complexity index is 1150. The SMILES string of the molecule is O=C(N/N=C/c1cccc(O)c1)C(=O)Nc1ccccc1C(=O)Nc1ccc(Br)cc1. The molecule has 3 amide bonds. The number of rotatable bonds is 5. The summed E-state index contributed by atoms with van der Waals surface area (Å²) in [5, 5.41) is 18.2. The highest BCUT2D eigenvalue weighted by molar-refractivity contribution is 9.10. The number of halogens is 1. The van der Waals surface area contributed by atoms with Gasteiger partial charge in [-0.1, -0.05) is 40.2 Å². The number of phenols is 1. The van der Waals surface area contributed by atoms with Gasteiger partial charge >= 0.3 is 11.8 Å². The first kappa shape index (κ1) is 21.7. The lowest BCUT2D eigenvalue weighted by Crippen LogP contribution is -2.33. The van der Waals surface area contributed by atoms with Crippen molar-refractivity contribution in [2.45, 2.75) is 0 Å². The summed E-state index contributed by atoms with van der Waals surface area (Å²) in [6, 6.07) is 19.5. The van der Waals surface area contributed by atoms with Crippen LogP contribution in [0.1, 0.15) is 15.9 Å². The van der Waals surface area contributed by atoms with E-state index in [0.29, 0.717) is 11.3 Å². The lowest BCUT2D eigenvalue weighted by atomic mass is 10.1. The molecule has 0 saturated heterocycles. The van der Waals surface area contributed by atoms with Crippen LogP contribution in [0.25, 0.3) is 0 Å². The van der Waals surface area contributed by atoms with Crippen LogP contribution in [-0.4, -0.2) is 29.0 Å². The predicted molar refractivity (Wildman–Crippen MR) is 121 cm³/mol. The molecule has 0 spiro atoms. The number of hydrogen-bond donors (Lipinski definition) is 4. The Hall–Kier alpha value is -3.98. The Labute approximate surface area is 186 Å². The maximum atomic E-state index is 12.6. The Balaban J connectivity index is 1.63. The number of para-hydroxylation sites is 1. The summed E-state index contributed by atoms with van der Waals surface area (Å²) >= 11 is 3.32. The minimum Gasteiger partial charge on any atom is -0.508 e. The molecule has 3 aromatic carbocycles. The number of nitrogens with zero attached hydrogens (tertiary/aromatic N) is 1. The quantitative estimate of drug-likeness (QED) is 0.253. The largest absolute Gasteiger partial charge is 0.508 e. The summed E-state index contributed by atoms with van der Waals surface area (Å²) < 4.78 is 0.871. The smallest absolute Gasteiger partial charge is 0.329 e. The van der Waals surface area contributed by atoms with Gasteiger partial charge in [-0.2, -0.15) is 5.10 Å². The predicted octanol–water partition coefficient (Wildman–Crippen LogP) is 3.50. The molecular weight excluding hydrogens is 464 g/mol. The molecule has 4 N–H and O–H groups in total. The van der Waals surface area contributed by atoms with E-state index < -0.39 is 17.7 Å². The Morgan fingerprint density at radius 3 is 2.35 bits per heavy atom. The highest BCUT2D eigenvalue weighted by atomic mass is 79.9. The van der Waals surface area contributed by atoms with Crippen LogP contribution in [0.4, 0.5) is 11.4 Å². The molecule has 0 aromatic heterocycles. The van der Waals surface area contributed by atoms with E-state index in [4.69, 9.17) is 0 Å². The third kappa shape index (κ3) is 6.25. The zero-order valence-electron chi connectivity index (χ0n) is 16.0. The second kappa shape index (κ2) is 10.2. The van der Waals surface area contributed by atoms with Gasteiger partial charge in [-0.25, -0.2) is 5.43 Å². The molecule has 8 nitrogen and oxygen atoms in total. The zero-order chi connectivity index (χ0) is 22.2. The van der Waals surface area contributed by atoms with Crippen molar-refractivity contribution in [1.82, 2.24) is 5.43 Å². The zero-order valence-corrected chi connectivity index (χ0v) is 17.6. The van der Waals surface area contributed by atoms with Gasteiger partial charge in [-0.15, -0.1) is 0 Å². The first-order valence-corrected chi connectivity index (χ1v) is 9.81. The van der Waals surface area contributed by atoms with Gasteiger partial charge in [-0.3, -0.25) is 14.4 Å². The molecule has 0 aliphatic heterocycles. The molecule has 0 bridgehead atoms. The number of aromatic hydroxyl groups is 1. The molecule has 0 saturated carbocycles. The van der Waals surface area contributed by atoms with Crippen molar-refractivity contribution in [3.8, 4) is 5.75 Å². The van der Waals surface area contributed by atoms with Gasteiger partial charge in [0.25, 0.3) is 5.91 Å². The van der Waals surface area contributed by atoms with E-state index >= 15 is 0 Å². The topological polar surface area (TPSA) is 120 Å². The fourth-order valence-electron chi connectivity index (χ4n) is 2.52. The second-order valence-electron chi connectivity index (χ2n) is 6.25. The summed E-state index contributed by atoms with van der Waals surface area (Å²) in [7, 11) is 0. The van der Waals surface area contributed by atoms with Crippen LogP contribution < -0.4 is 16.1 Å². The van der Waals surface area contributed by atoms with Gasteiger partial charge < -0.3 is 15.7 Å². The van der Waals surface area contributed by atoms with Gasteiger partial charge in [0, 0.05) is 10.2 Å². The van der Waals surface area contributed by atoms with Crippen LogP contribution in [-0.2, 0) is 9.59 Å². The number of benzene rings is 3. The molecule has 9 heteroatoms. The first-order chi connectivity index (χ1) is 14.9. The van der Waals surface area contributed by atoms with Crippen LogP contribution in [0.2, 0.25) is 0 Å². The van der Waals surface area contributed by atoms with Gasteiger partial charge in [0.2, 0.25) is 0 Å². The summed E-state index contributed by atoms with van der Waals surface area (Å²) in [5.41, 5.74) is 3.58. The third-order valence-corrected chi connectivity index (χ3v) is 4.51. The number of nitrogens with one attached hydrogen (secondary N) is 3. The van der Waals surface area contributed by atoms with Crippen molar-refractivity contribution in [3.05, 3.63) is 88.4 Å². The Morgan fingerprint density at radius 2 is 1.61 bits per heavy atom. The van der Waals surface area contributed by atoms with Crippen LogP contribution in [0.3, 0.4) is 0 Å². The van der Waals surface area contributed by atoms with E-state index in [1.165, 1.54) is 30.5 Å². The van der Waals surface area contributed by atoms with Crippen molar-refractivity contribution in [1.29, 1.82) is 0 Å². The third-order valence-electron chi connectivity index (χ3n) is 3.98. The number of anilines is 2. The molecule has 0 atom stereocenters. The highest BCUT2D eigenvalue weighted by Crippen LogP contribution is 2.19. The van der Waals surface area contributed by atoms with Crippen LogP contribution >= 0.6 is 15.9 Å². The van der Waals surface area contributed by atoms with E-state index in [-0.39, 0.29) is 17.0 Å². The van der Waals surface area contributed by atoms with E-state index in [1.54, 1.807) is 48.5 Å². The molecule has 3 rings (SSSR count). The number of hydrogen-bond acceptors (Lipinski definition) is 5. The van der Waals surface area contributed by atoms with Crippen molar-refractivity contribution in [3.63, 3.8) is 0 Å². The molecule has 0 unspecified atom stereocenters. The van der Waals surface area contributed by atoms with Crippen molar-refractivity contribution in [2.24, 2.45) is 5.10 Å². The lowest BCUT2D eigenvalue weighted by Gasteiger charge is -2.11. The van der Waals surface area contributed by atoms with Crippen LogP contribution in [0, 0.1) is 0 Å². The fraction of sp³-hybridized carbons (Fsp3) is 0. The molecule has 0 aliphatic carbocycles. The maximum absolute atomic E-state index is 12.6. The molecular formula is C22H17BrN4O4. The van der Waals surface area contributed by atoms with E-state index in [1.807, 2.05) is 0 Å². The molecule has 3 aromatic rings. The Morgan fingerprint density at radius 1 is 0.871 bits per heavy atom. The van der Waals surface area contributed by atoms with Gasteiger partial charge in [0.05, 0.1) is 17.5 Å². The molecule has 0 heterocycles. The summed E-state index contributed by atoms with van der Waals surface area (Å²) in [5.74, 6) is -2.40. The normalized spacial score (nSPS) is 10.5. The number of carbonyl (C=O) groups is 3. The van der Waals surface area contributed by atoms with Gasteiger partial charge in [0.1, 0.15) is 5.75 Å². The molecule has 0 radical (unpaired) electrons. The number of carbonyl (C=O) groups excluding carboxylic acids is 3. The average molecular weight is 481 g/mol. The first-order valence-electron chi connectivity index (χ1n) is 9.02. The lowest BCUT2D eigenvalue weighted by molar-refractivity contribution is -0.136. The fourth-order valence-corrected chi connectivity index (χ4v) is 2.79. The van der Waals surface area contributed by atoms with Gasteiger partial charge in [-0.05, 0) is 54.1 Å². The van der Waals surface area contributed by atoms with E-state index in [2.05, 4.69) is 37.1 Å². The standard InChI is InChI=1S/C22H17BrN4O4/c23-15-8-10-16(11-9-15)25-20(29)18-6-1-2-7-19(18)26-21(30)22(31)27-24-13-14-4-3-5-17(28)12-14/h1-13,28H,(H,25,29)(H,26,30)(H,27,31)/b24-13+. The average Bonchev–Trinajstić information content (AvgIpc) is 2.75. The minimum absolute atomic E-state index is 0.0473. The van der Waals surface area contributed by atoms with E-state index in [0.717, 1.165) is 4.47 Å². The van der Waals surface area contributed by atoms with Crippen molar-refractivity contribution in [2.75, 3.05) is 10.6 Å². The second-order valence-corrected chi connectivity index (χ2v) is 7.17. The number of phenolic OH excluding ortho intramolecular Hbond substituents is 1. The molecule has 0 fully saturated rings. The maximum Gasteiger partial charge on any atom is 0.329 e. The Kier molecular flexibility index (Phi) is 7.13. The van der Waals surface area contributed by atoms with E-state index in [9.17, 15) is 19.5 Å². The summed E-state index contributed by atoms with van der Waals surface area (Å²) in [4.78, 5) is 36.8. The minimum atomic E-state index is -1.01. The van der Waals surface area contributed by atoms with Crippen molar-refractivity contribution < 1.29 is 19.5 Å². The molecule has 156 valence electrons. The summed E-state index contributed by atoms with van der Waals surface area (Å²) in [6.07, 6.45) is 1.28. The molecule has 0 aliphatic rings. The molecule has 31 heavy (non-hydrogen) atoms. The summed E-state index contributed by atoms with van der Waals surface area (Å²) in [6.45, 7) is 0.